The normalized spacial score (nSPS) is 38.4. The molecule has 0 amide bonds. The molecule has 0 heterocycles. The number of nitriles is 1. The molecule has 3 aliphatic rings. The van der Waals surface area contributed by atoms with Gasteiger partial charge in [0.15, 0.2) is 0 Å². The van der Waals surface area contributed by atoms with Gasteiger partial charge in [0.05, 0.1) is 17.6 Å². The van der Waals surface area contributed by atoms with Crippen molar-refractivity contribution in [2.24, 2.45) is 29.1 Å². The van der Waals surface area contributed by atoms with Crippen LogP contribution in [0, 0.1) is 40.4 Å². The zero-order valence-electron chi connectivity index (χ0n) is 19.5. The van der Waals surface area contributed by atoms with E-state index in [1.165, 1.54) is 103 Å². The average molecular weight is 402 g/mol. The van der Waals surface area contributed by atoms with E-state index in [1.807, 2.05) is 0 Å². The Hall–Kier alpha value is -0.550. The number of nitrogens with zero attached hydrogens (tertiary/aromatic N) is 1. The third-order valence-electron chi connectivity index (χ3n) is 8.93. The first kappa shape index (κ1) is 23.1. The number of hydrogen-bond acceptors (Lipinski definition) is 2. The van der Waals surface area contributed by atoms with Crippen LogP contribution in [0.3, 0.4) is 0 Å². The first-order valence-corrected chi connectivity index (χ1v) is 13.2. The fourth-order valence-corrected chi connectivity index (χ4v) is 6.94. The van der Waals surface area contributed by atoms with Crippen LogP contribution in [0.4, 0.5) is 0 Å². The van der Waals surface area contributed by atoms with Crippen LogP contribution in [0.1, 0.15) is 123 Å². The van der Waals surface area contributed by atoms with Crippen LogP contribution in [-0.2, 0) is 4.74 Å². The molecule has 0 radical (unpaired) electrons. The van der Waals surface area contributed by atoms with E-state index in [1.54, 1.807) is 0 Å². The van der Waals surface area contributed by atoms with Crippen molar-refractivity contribution < 1.29 is 4.74 Å². The molecule has 0 unspecified atom stereocenters. The molecule has 29 heavy (non-hydrogen) atoms. The molecule has 0 aromatic carbocycles. The number of unbranched alkanes of at least 4 members (excludes halogenated alkanes) is 2. The number of hydrogen-bond donors (Lipinski definition) is 0. The third kappa shape index (κ3) is 6.22. The van der Waals surface area contributed by atoms with Crippen LogP contribution in [0.2, 0.25) is 0 Å². The Bertz CT molecular complexity index is 485. The van der Waals surface area contributed by atoms with Crippen LogP contribution in [0.15, 0.2) is 0 Å². The Morgan fingerprint density at radius 2 is 1.45 bits per heavy atom. The van der Waals surface area contributed by atoms with Gasteiger partial charge in [-0.15, -0.1) is 0 Å². The molecule has 0 aromatic heterocycles. The highest BCUT2D eigenvalue weighted by Gasteiger charge is 2.44. The van der Waals surface area contributed by atoms with Gasteiger partial charge < -0.3 is 4.74 Å². The highest BCUT2D eigenvalue weighted by molar-refractivity contribution is 5.06. The quantitative estimate of drug-likeness (QED) is 0.366. The molecular formula is C27H47NO. The van der Waals surface area contributed by atoms with Gasteiger partial charge in [0.25, 0.3) is 0 Å². The SMILES string of the molecule is CCCCCC1CCC(C2CCC(C#N)(C3CCC(OCCC)CC3)CC2)CC1. The summed E-state index contributed by atoms with van der Waals surface area (Å²) in [5.41, 5.74) is -0.0103. The van der Waals surface area contributed by atoms with Crippen molar-refractivity contribution in [1.82, 2.24) is 0 Å². The minimum Gasteiger partial charge on any atom is -0.378 e. The van der Waals surface area contributed by atoms with E-state index in [0.717, 1.165) is 30.8 Å². The maximum absolute atomic E-state index is 10.2. The van der Waals surface area contributed by atoms with Crippen LogP contribution in [-0.4, -0.2) is 12.7 Å². The molecule has 0 spiro atoms. The van der Waals surface area contributed by atoms with Gasteiger partial charge in [-0.1, -0.05) is 52.4 Å². The largest absolute Gasteiger partial charge is 0.378 e. The molecule has 166 valence electrons. The molecule has 2 nitrogen and oxygen atoms in total. The lowest BCUT2D eigenvalue weighted by Crippen LogP contribution is -2.38. The Morgan fingerprint density at radius 1 is 0.793 bits per heavy atom. The Labute approximate surface area is 181 Å². The zero-order chi connectivity index (χ0) is 20.5. The topological polar surface area (TPSA) is 33.0 Å². The maximum Gasteiger partial charge on any atom is 0.0692 e. The van der Waals surface area contributed by atoms with Crippen molar-refractivity contribution >= 4 is 0 Å². The van der Waals surface area contributed by atoms with Gasteiger partial charge in [-0.25, -0.2) is 0 Å². The van der Waals surface area contributed by atoms with Crippen molar-refractivity contribution in [3.63, 3.8) is 0 Å². The molecular weight excluding hydrogens is 354 g/mol. The van der Waals surface area contributed by atoms with Crippen molar-refractivity contribution in [1.29, 1.82) is 5.26 Å². The zero-order valence-corrected chi connectivity index (χ0v) is 19.5. The van der Waals surface area contributed by atoms with E-state index < -0.39 is 0 Å². The minimum atomic E-state index is -0.0103. The lowest BCUT2D eigenvalue weighted by Gasteiger charge is -2.45. The van der Waals surface area contributed by atoms with Crippen LogP contribution >= 0.6 is 0 Å². The molecule has 0 N–H and O–H groups in total. The lowest BCUT2D eigenvalue weighted by molar-refractivity contribution is -0.00696. The summed E-state index contributed by atoms with van der Waals surface area (Å²) in [6.07, 6.45) is 23.0. The summed E-state index contributed by atoms with van der Waals surface area (Å²) in [4.78, 5) is 0. The van der Waals surface area contributed by atoms with E-state index in [4.69, 9.17) is 4.74 Å². The molecule has 0 aliphatic heterocycles. The Kier molecular flexibility index (Phi) is 9.36. The van der Waals surface area contributed by atoms with Crippen LogP contribution in [0.25, 0.3) is 0 Å². The molecule has 3 fully saturated rings. The van der Waals surface area contributed by atoms with Gasteiger partial charge in [-0.3, -0.25) is 0 Å². The second kappa shape index (κ2) is 11.7. The summed E-state index contributed by atoms with van der Waals surface area (Å²) >= 11 is 0. The fraction of sp³-hybridized carbons (Fsp3) is 0.963. The first-order valence-electron chi connectivity index (χ1n) is 13.2. The van der Waals surface area contributed by atoms with Gasteiger partial charge in [-0.2, -0.15) is 5.26 Å². The van der Waals surface area contributed by atoms with E-state index in [2.05, 4.69) is 19.9 Å². The molecule has 0 atom stereocenters. The highest BCUT2D eigenvalue weighted by Crippen LogP contribution is 2.52. The smallest absolute Gasteiger partial charge is 0.0692 e. The summed E-state index contributed by atoms with van der Waals surface area (Å²) in [5.74, 6) is 3.53. The molecule has 3 aliphatic carbocycles. The summed E-state index contributed by atoms with van der Waals surface area (Å²) in [5, 5.41) is 10.2. The fourth-order valence-electron chi connectivity index (χ4n) is 6.94. The van der Waals surface area contributed by atoms with Crippen molar-refractivity contribution in [3.05, 3.63) is 0 Å². The summed E-state index contributed by atoms with van der Waals surface area (Å²) in [6, 6.07) is 2.86. The van der Waals surface area contributed by atoms with Gasteiger partial charge in [0.2, 0.25) is 0 Å². The van der Waals surface area contributed by atoms with Gasteiger partial charge >= 0.3 is 0 Å². The average Bonchev–Trinajstić information content (AvgIpc) is 2.79. The molecule has 0 bridgehead atoms. The monoisotopic (exact) mass is 401 g/mol. The molecule has 3 rings (SSSR count). The molecule has 0 saturated heterocycles. The second-order valence-corrected chi connectivity index (χ2v) is 10.7. The Morgan fingerprint density at radius 3 is 2.03 bits per heavy atom. The number of rotatable bonds is 9. The standard InChI is InChI=1S/C27H47NO/c1-3-5-6-7-22-8-10-23(11-9-22)24-16-18-27(21-28,19-17-24)25-12-14-26(15-13-25)29-20-4-2/h22-26H,3-20H2,1-2H3. The Balaban J connectivity index is 1.41. The van der Waals surface area contributed by atoms with Crippen LogP contribution < -0.4 is 0 Å². The molecule has 3 saturated carbocycles. The predicted octanol–water partition coefficient (Wildman–Crippen LogP) is 8.06. The third-order valence-corrected chi connectivity index (χ3v) is 8.93. The number of ether oxygens (including phenoxy) is 1. The minimum absolute atomic E-state index is 0.0103. The molecule has 2 heteroatoms. The predicted molar refractivity (Wildman–Crippen MR) is 122 cm³/mol. The van der Waals surface area contributed by atoms with Crippen molar-refractivity contribution in [2.45, 2.75) is 129 Å². The van der Waals surface area contributed by atoms with Gasteiger partial charge in [0, 0.05) is 6.61 Å². The first-order chi connectivity index (χ1) is 14.2. The van der Waals surface area contributed by atoms with E-state index in [9.17, 15) is 5.26 Å². The summed E-state index contributed by atoms with van der Waals surface area (Å²) in [7, 11) is 0. The lowest BCUT2D eigenvalue weighted by atomic mass is 9.58. The molecule has 0 aromatic rings. The summed E-state index contributed by atoms with van der Waals surface area (Å²) in [6.45, 7) is 5.40. The van der Waals surface area contributed by atoms with Gasteiger partial charge in [0.1, 0.15) is 0 Å². The summed E-state index contributed by atoms with van der Waals surface area (Å²) < 4.78 is 5.99. The highest BCUT2D eigenvalue weighted by atomic mass is 16.5. The maximum atomic E-state index is 10.2. The van der Waals surface area contributed by atoms with E-state index in [0.29, 0.717) is 12.0 Å². The van der Waals surface area contributed by atoms with Crippen molar-refractivity contribution in [3.8, 4) is 6.07 Å². The van der Waals surface area contributed by atoms with E-state index in [-0.39, 0.29) is 5.41 Å². The van der Waals surface area contributed by atoms with Gasteiger partial charge in [-0.05, 0) is 94.3 Å². The van der Waals surface area contributed by atoms with E-state index >= 15 is 0 Å². The second-order valence-electron chi connectivity index (χ2n) is 10.7. The van der Waals surface area contributed by atoms with Crippen LogP contribution in [0.5, 0.6) is 0 Å². The van der Waals surface area contributed by atoms with Crippen molar-refractivity contribution in [2.75, 3.05) is 6.61 Å².